The molecule has 19 heavy (non-hydrogen) atoms. The molecule has 1 saturated carbocycles. The van der Waals surface area contributed by atoms with Crippen LogP contribution in [0, 0.1) is 5.92 Å². The minimum atomic E-state index is 0.761. The summed E-state index contributed by atoms with van der Waals surface area (Å²) in [6, 6.07) is 3.32. The van der Waals surface area contributed by atoms with E-state index in [1.807, 2.05) is 0 Å². The molecular weight excluding hydrogens is 234 g/mol. The molecule has 0 aromatic carbocycles. The first-order valence-corrected chi connectivity index (χ1v) is 8.42. The third-order valence-corrected chi connectivity index (χ3v) is 6.26. The second kappa shape index (κ2) is 5.71. The van der Waals surface area contributed by atoms with Crippen LogP contribution in [0.25, 0.3) is 0 Å². The van der Waals surface area contributed by atoms with Crippen molar-refractivity contribution in [2.24, 2.45) is 11.7 Å². The Kier molecular flexibility index (Phi) is 4.16. The summed E-state index contributed by atoms with van der Waals surface area (Å²) in [7, 11) is 2.34. The smallest absolute Gasteiger partial charge is 0.0138 e. The van der Waals surface area contributed by atoms with E-state index >= 15 is 0 Å². The summed E-state index contributed by atoms with van der Waals surface area (Å²) in [5.41, 5.74) is 6.00. The topological polar surface area (TPSA) is 32.5 Å². The number of nitrogens with zero attached hydrogens (tertiary/aromatic N) is 2. The van der Waals surface area contributed by atoms with E-state index in [9.17, 15) is 0 Å². The maximum absolute atomic E-state index is 6.00. The molecule has 4 unspecified atom stereocenters. The Hall–Kier alpha value is -0.120. The highest BCUT2D eigenvalue weighted by molar-refractivity contribution is 4.99. The summed E-state index contributed by atoms with van der Waals surface area (Å²) in [5.74, 6) is 0.761. The Balaban J connectivity index is 1.69. The molecular formula is C16H31N3. The normalized spacial score (nSPS) is 43.3. The maximum atomic E-state index is 6.00. The molecule has 1 aliphatic carbocycles. The Labute approximate surface area is 118 Å². The average molecular weight is 265 g/mol. The second-order valence-electron chi connectivity index (χ2n) is 7.00. The van der Waals surface area contributed by atoms with Gasteiger partial charge in [0.25, 0.3) is 0 Å². The van der Waals surface area contributed by atoms with Crippen molar-refractivity contribution in [3.63, 3.8) is 0 Å². The van der Waals surface area contributed by atoms with Gasteiger partial charge < -0.3 is 10.6 Å². The SMILES string of the molecule is CCN(C1CC2CCC(C1)N2C)C1CCCC1CN. The van der Waals surface area contributed by atoms with Gasteiger partial charge in [-0.1, -0.05) is 13.3 Å². The van der Waals surface area contributed by atoms with Crippen molar-refractivity contribution in [1.82, 2.24) is 9.80 Å². The van der Waals surface area contributed by atoms with E-state index in [4.69, 9.17) is 5.73 Å². The molecule has 0 aromatic rings. The first kappa shape index (κ1) is 13.8. The van der Waals surface area contributed by atoms with Crippen LogP contribution in [0.1, 0.15) is 51.9 Å². The van der Waals surface area contributed by atoms with Gasteiger partial charge in [-0.25, -0.2) is 0 Å². The quantitative estimate of drug-likeness (QED) is 0.844. The van der Waals surface area contributed by atoms with Gasteiger partial charge in [-0.05, 0) is 64.6 Å². The van der Waals surface area contributed by atoms with Crippen LogP contribution in [-0.2, 0) is 0 Å². The van der Waals surface area contributed by atoms with Gasteiger partial charge in [0.2, 0.25) is 0 Å². The predicted octanol–water partition coefficient (Wildman–Crippen LogP) is 2.06. The second-order valence-corrected chi connectivity index (χ2v) is 7.00. The van der Waals surface area contributed by atoms with Crippen molar-refractivity contribution in [3.8, 4) is 0 Å². The summed E-state index contributed by atoms with van der Waals surface area (Å²) >= 11 is 0. The molecule has 3 fully saturated rings. The highest BCUT2D eigenvalue weighted by Crippen LogP contribution is 2.39. The zero-order chi connectivity index (χ0) is 13.4. The largest absolute Gasteiger partial charge is 0.330 e. The molecule has 3 rings (SSSR count). The van der Waals surface area contributed by atoms with E-state index < -0.39 is 0 Å². The van der Waals surface area contributed by atoms with Gasteiger partial charge >= 0.3 is 0 Å². The van der Waals surface area contributed by atoms with Crippen molar-refractivity contribution in [2.75, 3.05) is 20.1 Å². The number of hydrogen-bond donors (Lipinski definition) is 1. The molecule has 0 aromatic heterocycles. The van der Waals surface area contributed by atoms with Gasteiger partial charge in [0.15, 0.2) is 0 Å². The van der Waals surface area contributed by atoms with Gasteiger partial charge in [0, 0.05) is 24.2 Å². The Morgan fingerprint density at radius 2 is 1.79 bits per heavy atom. The fraction of sp³-hybridized carbons (Fsp3) is 1.00. The third kappa shape index (κ3) is 2.45. The van der Waals surface area contributed by atoms with Crippen LogP contribution in [0.2, 0.25) is 0 Å². The molecule has 3 aliphatic rings. The molecule has 2 N–H and O–H groups in total. The molecule has 3 nitrogen and oxygen atoms in total. The van der Waals surface area contributed by atoms with E-state index in [0.717, 1.165) is 36.6 Å². The van der Waals surface area contributed by atoms with Crippen molar-refractivity contribution < 1.29 is 0 Å². The van der Waals surface area contributed by atoms with Gasteiger partial charge in [0.1, 0.15) is 0 Å². The molecule has 2 aliphatic heterocycles. The fourth-order valence-electron chi connectivity index (χ4n) is 5.15. The van der Waals surface area contributed by atoms with E-state index in [1.54, 1.807) is 0 Å². The Bertz CT molecular complexity index is 292. The lowest BCUT2D eigenvalue weighted by molar-refractivity contribution is 0.0406. The van der Waals surface area contributed by atoms with Crippen molar-refractivity contribution >= 4 is 0 Å². The molecule has 0 spiro atoms. The molecule has 2 saturated heterocycles. The van der Waals surface area contributed by atoms with Crippen LogP contribution in [0.5, 0.6) is 0 Å². The van der Waals surface area contributed by atoms with E-state index in [1.165, 1.54) is 51.5 Å². The maximum Gasteiger partial charge on any atom is 0.0138 e. The molecule has 3 heteroatoms. The van der Waals surface area contributed by atoms with Crippen LogP contribution in [0.15, 0.2) is 0 Å². The average Bonchev–Trinajstić information content (AvgIpc) is 2.93. The zero-order valence-corrected chi connectivity index (χ0v) is 12.7. The van der Waals surface area contributed by atoms with Gasteiger partial charge in [-0.2, -0.15) is 0 Å². The van der Waals surface area contributed by atoms with Gasteiger partial charge in [0.05, 0.1) is 0 Å². The first-order valence-electron chi connectivity index (χ1n) is 8.42. The summed E-state index contributed by atoms with van der Waals surface area (Å²) in [6.45, 7) is 4.46. The summed E-state index contributed by atoms with van der Waals surface area (Å²) < 4.78 is 0. The molecule has 110 valence electrons. The fourth-order valence-corrected chi connectivity index (χ4v) is 5.15. The highest BCUT2D eigenvalue weighted by Gasteiger charge is 2.43. The number of fused-ring (bicyclic) bond motifs is 2. The molecule has 2 heterocycles. The number of hydrogen-bond acceptors (Lipinski definition) is 3. The van der Waals surface area contributed by atoms with Gasteiger partial charge in [-0.15, -0.1) is 0 Å². The van der Waals surface area contributed by atoms with Crippen LogP contribution in [0.3, 0.4) is 0 Å². The zero-order valence-electron chi connectivity index (χ0n) is 12.7. The Morgan fingerprint density at radius 3 is 2.37 bits per heavy atom. The standard InChI is InChI=1S/C16H31N3/c1-3-19(16-6-4-5-12(16)11-17)15-9-13-7-8-14(10-15)18(13)2/h12-16H,3-11,17H2,1-2H3. The lowest BCUT2D eigenvalue weighted by atomic mass is 9.92. The molecule has 0 amide bonds. The minimum Gasteiger partial charge on any atom is -0.330 e. The van der Waals surface area contributed by atoms with Crippen LogP contribution < -0.4 is 5.73 Å². The molecule has 4 atom stereocenters. The van der Waals surface area contributed by atoms with E-state index in [2.05, 4.69) is 23.8 Å². The number of rotatable bonds is 4. The Morgan fingerprint density at radius 1 is 1.11 bits per heavy atom. The summed E-state index contributed by atoms with van der Waals surface area (Å²) in [5, 5.41) is 0. The lowest BCUT2D eigenvalue weighted by Gasteiger charge is -2.45. The van der Waals surface area contributed by atoms with Crippen LogP contribution >= 0.6 is 0 Å². The van der Waals surface area contributed by atoms with E-state index in [-0.39, 0.29) is 0 Å². The third-order valence-electron chi connectivity index (χ3n) is 6.26. The molecule has 2 bridgehead atoms. The summed E-state index contributed by atoms with van der Waals surface area (Å²) in [4.78, 5) is 5.49. The number of nitrogens with two attached hydrogens (primary N) is 1. The van der Waals surface area contributed by atoms with E-state index in [0.29, 0.717) is 0 Å². The predicted molar refractivity (Wildman–Crippen MR) is 80.2 cm³/mol. The van der Waals surface area contributed by atoms with Crippen LogP contribution in [-0.4, -0.2) is 54.1 Å². The monoisotopic (exact) mass is 265 g/mol. The van der Waals surface area contributed by atoms with Crippen LogP contribution in [0.4, 0.5) is 0 Å². The van der Waals surface area contributed by atoms with Crippen molar-refractivity contribution in [3.05, 3.63) is 0 Å². The molecule has 0 radical (unpaired) electrons. The van der Waals surface area contributed by atoms with Gasteiger partial charge in [-0.3, -0.25) is 4.90 Å². The highest BCUT2D eigenvalue weighted by atomic mass is 15.3. The minimum absolute atomic E-state index is 0.761. The van der Waals surface area contributed by atoms with Crippen molar-refractivity contribution in [2.45, 2.75) is 76.0 Å². The lowest BCUT2D eigenvalue weighted by Crippen LogP contribution is -2.53. The van der Waals surface area contributed by atoms with Crippen molar-refractivity contribution in [1.29, 1.82) is 0 Å². The first-order chi connectivity index (χ1) is 9.24. The number of piperidine rings is 1. The summed E-state index contributed by atoms with van der Waals surface area (Å²) in [6.07, 6.45) is 9.79.